The average Bonchev–Trinajstić information content (AvgIpc) is 3.15. The maximum atomic E-state index is 12.5. The molecule has 0 unspecified atom stereocenters. The molecule has 0 bridgehead atoms. The lowest BCUT2D eigenvalue weighted by Crippen LogP contribution is -2.53. The Morgan fingerprint density at radius 3 is 2.26 bits per heavy atom. The molecular weight excluding hydrogens is 356 g/mol. The van der Waals surface area contributed by atoms with Crippen molar-refractivity contribution in [1.29, 1.82) is 0 Å². The first-order valence-corrected chi connectivity index (χ1v) is 9.54. The van der Waals surface area contributed by atoms with E-state index in [1.54, 1.807) is 13.8 Å². The van der Waals surface area contributed by atoms with Gasteiger partial charge in [0.1, 0.15) is 30.3 Å². The lowest BCUT2D eigenvalue weighted by Gasteiger charge is -2.36. The summed E-state index contributed by atoms with van der Waals surface area (Å²) in [7, 11) is 1.30. The first kappa shape index (κ1) is 21.0. The highest BCUT2D eigenvalue weighted by molar-refractivity contribution is 5.73. The van der Waals surface area contributed by atoms with Crippen LogP contribution in [-0.4, -0.2) is 66.6 Å². The molecule has 3 saturated heterocycles. The van der Waals surface area contributed by atoms with Gasteiger partial charge in [-0.3, -0.25) is 4.79 Å². The van der Waals surface area contributed by atoms with Crippen LogP contribution >= 0.6 is 0 Å². The Morgan fingerprint density at radius 2 is 1.74 bits per heavy atom. The number of fused-ring (bicyclic) bond motifs is 1. The van der Waals surface area contributed by atoms with E-state index in [0.29, 0.717) is 13.0 Å². The van der Waals surface area contributed by atoms with E-state index in [0.717, 1.165) is 0 Å². The van der Waals surface area contributed by atoms with Gasteiger partial charge in [0.2, 0.25) is 5.79 Å². The van der Waals surface area contributed by atoms with Gasteiger partial charge < -0.3 is 33.5 Å². The maximum absolute atomic E-state index is 12.5. The van der Waals surface area contributed by atoms with Gasteiger partial charge in [-0.05, 0) is 40.0 Å². The van der Waals surface area contributed by atoms with Gasteiger partial charge in [-0.2, -0.15) is 0 Å². The molecule has 0 aromatic rings. The zero-order valence-electron chi connectivity index (χ0n) is 17.2. The van der Waals surface area contributed by atoms with E-state index < -0.39 is 53.7 Å². The minimum absolute atomic E-state index is 0.138. The van der Waals surface area contributed by atoms with Crippen molar-refractivity contribution >= 4 is 5.97 Å². The van der Waals surface area contributed by atoms with Gasteiger partial charge in [0.05, 0.1) is 13.7 Å². The third kappa shape index (κ3) is 3.88. The van der Waals surface area contributed by atoms with Crippen LogP contribution < -0.4 is 0 Å². The van der Waals surface area contributed by atoms with Crippen LogP contribution in [0.1, 0.15) is 48.0 Å². The fourth-order valence-electron chi connectivity index (χ4n) is 4.19. The van der Waals surface area contributed by atoms with Gasteiger partial charge >= 0.3 is 5.97 Å². The molecule has 3 aliphatic heterocycles. The minimum Gasteiger partial charge on any atom is -0.469 e. The van der Waals surface area contributed by atoms with Crippen LogP contribution in [0, 0.1) is 11.8 Å². The summed E-state index contributed by atoms with van der Waals surface area (Å²) in [6.45, 7) is 11.4. The van der Waals surface area contributed by atoms with Crippen molar-refractivity contribution in [1.82, 2.24) is 0 Å². The largest absolute Gasteiger partial charge is 0.469 e. The number of hydrogen-bond donors (Lipinski definition) is 1. The van der Waals surface area contributed by atoms with Crippen LogP contribution in [0.3, 0.4) is 0 Å². The summed E-state index contributed by atoms with van der Waals surface area (Å²) < 4.78 is 34.6. The molecule has 3 aliphatic rings. The summed E-state index contributed by atoms with van der Waals surface area (Å²) in [4.78, 5) is 12.5. The normalized spacial score (nSPS) is 40.9. The molecule has 156 valence electrons. The first-order chi connectivity index (χ1) is 12.4. The van der Waals surface area contributed by atoms with Gasteiger partial charge in [0.15, 0.2) is 11.6 Å². The highest BCUT2D eigenvalue weighted by atomic mass is 16.8. The van der Waals surface area contributed by atoms with Crippen molar-refractivity contribution in [2.45, 2.75) is 89.7 Å². The molecule has 0 aromatic carbocycles. The Hall–Kier alpha value is -0.770. The standard InChI is InChI=1S/C19H32O8/c1-10(2)8-11(16(20)22-7)19(21)15-14(25-18(5,6)27-15)13(26-19)12-9-23-17(3,4)24-12/h10-15,21H,8-9H2,1-7H3/t11-,12-,13-,14+,15+,19+/m1/s1. The zero-order valence-corrected chi connectivity index (χ0v) is 17.2. The number of rotatable bonds is 5. The van der Waals surface area contributed by atoms with E-state index in [1.165, 1.54) is 7.11 Å². The van der Waals surface area contributed by atoms with Crippen molar-refractivity contribution in [2.75, 3.05) is 13.7 Å². The maximum Gasteiger partial charge on any atom is 0.314 e. The number of carbonyl (C=O) groups excluding carboxylic acids is 1. The van der Waals surface area contributed by atoms with Crippen molar-refractivity contribution < 1.29 is 38.3 Å². The van der Waals surface area contributed by atoms with E-state index in [1.807, 2.05) is 27.7 Å². The third-order valence-electron chi connectivity index (χ3n) is 5.27. The molecule has 0 radical (unpaired) electrons. The molecule has 8 heteroatoms. The Morgan fingerprint density at radius 1 is 1.07 bits per heavy atom. The van der Waals surface area contributed by atoms with Gasteiger partial charge in [-0.15, -0.1) is 0 Å². The van der Waals surface area contributed by atoms with Gasteiger partial charge in [0.25, 0.3) is 0 Å². The molecule has 3 fully saturated rings. The molecule has 0 spiro atoms. The second-order valence-electron chi connectivity index (χ2n) is 8.93. The van der Waals surface area contributed by atoms with Crippen molar-refractivity contribution in [3.8, 4) is 0 Å². The highest BCUT2D eigenvalue weighted by Gasteiger charge is 2.68. The Labute approximate surface area is 160 Å². The van der Waals surface area contributed by atoms with Crippen LogP contribution in [0.2, 0.25) is 0 Å². The van der Waals surface area contributed by atoms with Gasteiger partial charge in [-0.25, -0.2) is 0 Å². The van der Waals surface area contributed by atoms with E-state index in [9.17, 15) is 9.90 Å². The topological polar surface area (TPSA) is 92.7 Å². The van der Waals surface area contributed by atoms with Crippen molar-refractivity contribution in [2.24, 2.45) is 11.8 Å². The highest BCUT2D eigenvalue weighted by Crippen LogP contribution is 2.49. The summed E-state index contributed by atoms with van der Waals surface area (Å²) in [6, 6.07) is 0. The van der Waals surface area contributed by atoms with Crippen LogP contribution in [0.25, 0.3) is 0 Å². The molecule has 8 nitrogen and oxygen atoms in total. The first-order valence-electron chi connectivity index (χ1n) is 9.54. The molecule has 0 aliphatic carbocycles. The average molecular weight is 388 g/mol. The Balaban J connectivity index is 1.93. The molecule has 1 N–H and O–H groups in total. The summed E-state index contributed by atoms with van der Waals surface area (Å²) in [6.07, 6.45) is -2.13. The van der Waals surface area contributed by atoms with E-state index in [2.05, 4.69) is 0 Å². The third-order valence-corrected chi connectivity index (χ3v) is 5.27. The number of hydrogen-bond acceptors (Lipinski definition) is 8. The van der Waals surface area contributed by atoms with E-state index in [-0.39, 0.29) is 5.92 Å². The number of carbonyl (C=O) groups is 1. The summed E-state index contributed by atoms with van der Waals surface area (Å²) in [5.74, 6) is -4.86. The quantitative estimate of drug-likeness (QED) is 0.710. The number of methoxy groups -OCH3 is 1. The number of ether oxygens (including phenoxy) is 6. The number of esters is 1. The lowest BCUT2D eigenvalue weighted by molar-refractivity contribution is -0.304. The van der Waals surface area contributed by atoms with Crippen LogP contribution in [0.5, 0.6) is 0 Å². The number of aliphatic hydroxyl groups is 1. The van der Waals surface area contributed by atoms with Crippen LogP contribution in [0.4, 0.5) is 0 Å². The molecule has 3 rings (SSSR count). The monoisotopic (exact) mass is 388 g/mol. The molecular formula is C19H32O8. The van der Waals surface area contributed by atoms with Crippen LogP contribution in [0.15, 0.2) is 0 Å². The Bertz CT molecular complexity index is 574. The zero-order chi connectivity index (χ0) is 20.2. The second kappa shape index (κ2) is 6.93. The fourth-order valence-corrected chi connectivity index (χ4v) is 4.19. The molecule has 0 amide bonds. The Kier molecular flexibility index (Phi) is 5.38. The second-order valence-corrected chi connectivity index (χ2v) is 8.93. The predicted molar refractivity (Wildman–Crippen MR) is 93.5 cm³/mol. The summed E-state index contributed by atoms with van der Waals surface area (Å²) in [5.41, 5.74) is 0. The molecule has 6 atom stereocenters. The smallest absolute Gasteiger partial charge is 0.314 e. The van der Waals surface area contributed by atoms with Crippen molar-refractivity contribution in [3.05, 3.63) is 0 Å². The molecule has 3 heterocycles. The van der Waals surface area contributed by atoms with E-state index in [4.69, 9.17) is 28.4 Å². The summed E-state index contributed by atoms with van der Waals surface area (Å²) in [5, 5.41) is 11.5. The predicted octanol–water partition coefficient (Wildman–Crippen LogP) is 1.58. The molecule has 0 saturated carbocycles. The lowest BCUT2D eigenvalue weighted by atomic mass is 9.85. The minimum atomic E-state index is -1.88. The molecule has 27 heavy (non-hydrogen) atoms. The fraction of sp³-hybridized carbons (Fsp3) is 0.947. The molecule has 0 aromatic heterocycles. The van der Waals surface area contributed by atoms with Gasteiger partial charge in [-0.1, -0.05) is 13.8 Å². The van der Waals surface area contributed by atoms with Crippen molar-refractivity contribution in [3.63, 3.8) is 0 Å². The SMILES string of the molecule is COC(=O)[C@@H](CC(C)C)[C@]1(O)O[C@H]([C@H]2COC(C)(C)O2)[C@@H]2OC(C)(C)O[C@@H]21. The van der Waals surface area contributed by atoms with Gasteiger partial charge in [0, 0.05) is 0 Å². The summed E-state index contributed by atoms with van der Waals surface area (Å²) >= 11 is 0. The van der Waals surface area contributed by atoms with Crippen LogP contribution in [-0.2, 0) is 33.2 Å². The van der Waals surface area contributed by atoms with E-state index >= 15 is 0 Å².